The summed E-state index contributed by atoms with van der Waals surface area (Å²) in [5.41, 5.74) is 2.33. The van der Waals surface area contributed by atoms with Crippen LogP contribution in [0.25, 0.3) is 21.8 Å². The molecule has 28 heavy (non-hydrogen) atoms. The van der Waals surface area contributed by atoms with Gasteiger partial charge in [0.2, 0.25) is 0 Å². The lowest BCUT2D eigenvalue weighted by atomic mass is 10.0. The molecular weight excluding hydrogens is 344 g/mol. The van der Waals surface area contributed by atoms with Crippen LogP contribution in [0.3, 0.4) is 0 Å². The van der Waals surface area contributed by atoms with E-state index in [1.165, 1.54) is 22.1 Å². The van der Waals surface area contributed by atoms with Gasteiger partial charge in [-0.05, 0) is 54.3 Å². The fourth-order valence-electron chi connectivity index (χ4n) is 3.96. The quantitative estimate of drug-likeness (QED) is 0.327. The number of hydrogen-bond acceptors (Lipinski definition) is 2. The van der Waals surface area contributed by atoms with Gasteiger partial charge in [0.15, 0.2) is 0 Å². The second-order valence-electron chi connectivity index (χ2n) is 7.33. The number of hydrogen-bond donors (Lipinski definition) is 0. The fourth-order valence-corrected chi connectivity index (χ4v) is 3.96. The topological polar surface area (TPSA) is 27.1 Å². The van der Waals surface area contributed by atoms with E-state index < -0.39 is 0 Å². The molecule has 1 aromatic heterocycles. The SMILES string of the molecule is CCC(CC)c1nc2ccccc2n1CCCOc1ccc2ccccc2c1. The largest absolute Gasteiger partial charge is 0.494 e. The second kappa shape index (κ2) is 8.47. The minimum atomic E-state index is 0.508. The molecule has 3 aromatic carbocycles. The number of nitrogens with zero attached hydrogens (tertiary/aromatic N) is 2. The molecule has 0 aliphatic heterocycles. The van der Waals surface area contributed by atoms with Gasteiger partial charge in [-0.25, -0.2) is 4.98 Å². The first kappa shape index (κ1) is 18.5. The Morgan fingerprint density at radius 1 is 0.893 bits per heavy atom. The molecule has 0 atom stereocenters. The van der Waals surface area contributed by atoms with E-state index in [2.05, 4.69) is 85.1 Å². The number of para-hydroxylation sites is 2. The molecule has 0 spiro atoms. The lowest BCUT2D eigenvalue weighted by Gasteiger charge is -2.16. The van der Waals surface area contributed by atoms with Crippen LogP contribution in [0.4, 0.5) is 0 Å². The van der Waals surface area contributed by atoms with E-state index in [1.54, 1.807) is 0 Å². The number of aryl methyl sites for hydroxylation is 1. The number of aromatic nitrogens is 2. The van der Waals surface area contributed by atoms with E-state index in [4.69, 9.17) is 9.72 Å². The molecule has 3 heteroatoms. The number of imidazole rings is 1. The molecule has 0 aliphatic carbocycles. The average Bonchev–Trinajstić information content (AvgIpc) is 3.10. The van der Waals surface area contributed by atoms with Gasteiger partial charge in [-0.2, -0.15) is 0 Å². The summed E-state index contributed by atoms with van der Waals surface area (Å²) in [6.07, 6.45) is 3.20. The summed E-state index contributed by atoms with van der Waals surface area (Å²) in [7, 11) is 0. The van der Waals surface area contributed by atoms with Crippen LogP contribution in [-0.2, 0) is 6.54 Å². The molecule has 0 bridgehead atoms. The number of fused-ring (bicyclic) bond motifs is 2. The number of rotatable bonds is 8. The van der Waals surface area contributed by atoms with Crippen LogP contribution in [-0.4, -0.2) is 16.2 Å². The molecule has 0 unspecified atom stereocenters. The van der Waals surface area contributed by atoms with Crippen LogP contribution in [0.2, 0.25) is 0 Å². The molecule has 0 fully saturated rings. The normalized spacial score (nSPS) is 11.5. The Kier molecular flexibility index (Phi) is 5.61. The van der Waals surface area contributed by atoms with Crippen LogP contribution in [0.5, 0.6) is 5.75 Å². The second-order valence-corrected chi connectivity index (χ2v) is 7.33. The third-order valence-corrected chi connectivity index (χ3v) is 5.55. The maximum Gasteiger partial charge on any atom is 0.119 e. The summed E-state index contributed by atoms with van der Waals surface area (Å²) < 4.78 is 8.44. The molecule has 4 rings (SSSR count). The van der Waals surface area contributed by atoms with Crippen molar-refractivity contribution in [2.24, 2.45) is 0 Å². The Bertz CT molecular complexity index is 1060. The maximum atomic E-state index is 6.04. The standard InChI is InChI=1S/C25H28N2O/c1-3-19(4-2)25-26-23-12-7-8-13-24(23)27(25)16-9-17-28-22-15-14-20-10-5-6-11-21(20)18-22/h5-8,10-15,18-19H,3-4,9,16-17H2,1-2H3. The Balaban J connectivity index is 1.46. The highest BCUT2D eigenvalue weighted by molar-refractivity contribution is 5.83. The van der Waals surface area contributed by atoms with Gasteiger partial charge < -0.3 is 9.30 Å². The molecule has 0 saturated carbocycles. The molecule has 3 nitrogen and oxygen atoms in total. The third kappa shape index (κ3) is 3.75. The summed E-state index contributed by atoms with van der Waals surface area (Å²) in [4.78, 5) is 4.95. The average molecular weight is 373 g/mol. The number of benzene rings is 3. The summed E-state index contributed by atoms with van der Waals surface area (Å²) in [5.74, 6) is 2.67. The predicted octanol–water partition coefficient (Wildman–Crippen LogP) is 6.56. The van der Waals surface area contributed by atoms with Gasteiger partial charge in [0.1, 0.15) is 11.6 Å². The van der Waals surface area contributed by atoms with Gasteiger partial charge in [0.25, 0.3) is 0 Å². The molecule has 0 saturated heterocycles. The Morgan fingerprint density at radius 2 is 1.64 bits per heavy atom. The van der Waals surface area contributed by atoms with Crippen LogP contribution >= 0.6 is 0 Å². The molecule has 0 radical (unpaired) electrons. The smallest absolute Gasteiger partial charge is 0.119 e. The first-order chi connectivity index (χ1) is 13.8. The van der Waals surface area contributed by atoms with Crippen molar-refractivity contribution in [1.82, 2.24) is 9.55 Å². The van der Waals surface area contributed by atoms with Gasteiger partial charge in [0, 0.05) is 12.5 Å². The highest BCUT2D eigenvalue weighted by atomic mass is 16.5. The van der Waals surface area contributed by atoms with E-state index in [0.717, 1.165) is 37.1 Å². The van der Waals surface area contributed by atoms with Crippen molar-refractivity contribution in [3.8, 4) is 5.75 Å². The highest BCUT2D eigenvalue weighted by Gasteiger charge is 2.17. The Morgan fingerprint density at radius 3 is 2.46 bits per heavy atom. The summed E-state index contributed by atoms with van der Waals surface area (Å²) in [6, 6.07) is 23.2. The van der Waals surface area contributed by atoms with Crippen LogP contribution in [0.1, 0.15) is 44.9 Å². The fraction of sp³-hybridized carbons (Fsp3) is 0.320. The van der Waals surface area contributed by atoms with Crippen molar-refractivity contribution in [2.45, 2.75) is 45.6 Å². The Labute approximate surface area is 167 Å². The van der Waals surface area contributed by atoms with E-state index in [-0.39, 0.29) is 0 Å². The van der Waals surface area contributed by atoms with Crippen molar-refractivity contribution in [1.29, 1.82) is 0 Å². The lowest BCUT2D eigenvalue weighted by molar-refractivity contribution is 0.301. The monoisotopic (exact) mass is 372 g/mol. The minimum Gasteiger partial charge on any atom is -0.494 e. The van der Waals surface area contributed by atoms with Crippen LogP contribution in [0.15, 0.2) is 66.7 Å². The molecule has 1 heterocycles. The van der Waals surface area contributed by atoms with Crippen LogP contribution in [0, 0.1) is 0 Å². The van der Waals surface area contributed by atoms with Crippen molar-refractivity contribution < 1.29 is 4.74 Å². The predicted molar refractivity (Wildman–Crippen MR) is 117 cm³/mol. The van der Waals surface area contributed by atoms with Gasteiger partial charge in [-0.3, -0.25) is 0 Å². The van der Waals surface area contributed by atoms with E-state index in [1.807, 2.05) is 0 Å². The van der Waals surface area contributed by atoms with Crippen molar-refractivity contribution in [2.75, 3.05) is 6.61 Å². The summed E-state index contributed by atoms with van der Waals surface area (Å²) in [6.45, 7) is 6.13. The first-order valence-corrected chi connectivity index (χ1v) is 10.4. The Hall–Kier alpha value is -2.81. The molecular formula is C25H28N2O. The van der Waals surface area contributed by atoms with Crippen LogP contribution < -0.4 is 4.74 Å². The van der Waals surface area contributed by atoms with E-state index >= 15 is 0 Å². The van der Waals surface area contributed by atoms with Gasteiger partial charge in [-0.15, -0.1) is 0 Å². The molecule has 0 amide bonds. The zero-order valence-corrected chi connectivity index (χ0v) is 16.8. The van der Waals surface area contributed by atoms with Crippen molar-refractivity contribution in [3.63, 3.8) is 0 Å². The molecule has 144 valence electrons. The minimum absolute atomic E-state index is 0.508. The first-order valence-electron chi connectivity index (χ1n) is 10.4. The van der Waals surface area contributed by atoms with Gasteiger partial charge >= 0.3 is 0 Å². The highest BCUT2D eigenvalue weighted by Crippen LogP contribution is 2.27. The van der Waals surface area contributed by atoms with Gasteiger partial charge in [-0.1, -0.05) is 56.3 Å². The maximum absolute atomic E-state index is 6.04. The molecule has 0 N–H and O–H groups in total. The van der Waals surface area contributed by atoms with Crippen molar-refractivity contribution in [3.05, 3.63) is 72.6 Å². The van der Waals surface area contributed by atoms with E-state index in [0.29, 0.717) is 12.5 Å². The molecule has 0 aliphatic rings. The lowest BCUT2D eigenvalue weighted by Crippen LogP contribution is -2.11. The van der Waals surface area contributed by atoms with E-state index in [9.17, 15) is 0 Å². The zero-order chi connectivity index (χ0) is 19.3. The van der Waals surface area contributed by atoms with Crippen molar-refractivity contribution >= 4 is 21.8 Å². The number of ether oxygens (including phenoxy) is 1. The summed E-state index contributed by atoms with van der Waals surface area (Å²) >= 11 is 0. The molecule has 4 aromatic rings. The summed E-state index contributed by atoms with van der Waals surface area (Å²) in [5, 5.41) is 2.46. The third-order valence-electron chi connectivity index (χ3n) is 5.55. The zero-order valence-electron chi connectivity index (χ0n) is 16.8. The van der Waals surface area contributed by atoms with Gasteiger partial charge in [0.05, 0.1) is 17.6 Å².